The second-order valence-corrected chi connectivity index (χ2v) is 16.3. The smallest absolute Gasteiger partial charge is 0.0235 e. The van der Waals surface area contributed by atoms with E-state index in [0.717, 1.165) is 35.5 Å². The molecule has 5 fully saturated rings. The fourth-order valence-corrected chi connectivity index (χ4v) is 12.9. The molecule has 0 aromatic carbocycles. The van der Waals surface area contributed by atoms with E-state index < -0.39 is 0 Å². The normalized spacial score (nSPS) is 52.8. The minimum atomic E-state index is 0.558. The molecule has 0 heteroatoms. The predicted molar refractivity (Wildman–Crippen MR) is 148 cm³/mol. The van der Waals surface area contributed by atoms with Crippen LogP contribution in [0, 0.1) is 62.6 Å². The quantitative estimate of drug-likeness (QED) is 0.352. The Morgan fingerprint density at radius 1 is 0.647 bits per heavy atom. The topological polar surface area (TPSA) is 0 Å². The summed E-state index contributed by atoms with van der Waals surface area (Å²) in [6.07, 6.45) is 22.5. The predicted octanol–water partition coefficient (Wildman–Crippen LogP) is 10.7. The second-order valence-electron chi connectivity index (χ2n) is 16.3. The first kappa shape index (κ1) is 25.6. The van der Waals surface area contributed by atoms with Gasteiger partial charge in [0.25, 0.3) is 0 Å². The van der Waals surface area contributed by atoms with Crippen LogP contribution in [0.2, 0.25) is 0 Å². The van der Waals surface area contributed by atoms with Gasteiger partial charge in [0.2, 0.25) is 0 Å². The van der Waals surface area contributed by atoms with E-state index >= 15 is 0 Å². The summed E-state index contributed by atoms with van der Waals surface area (Å²) in [6.45, 7) is 21.5. The van der Waals surface area contributed by atoms with Crippen LogP contribution in [-0.2, 0) is 0 Å². The van der Waals surface area contributed by atoms with E-state index in [1.807, 2.05) is 0 Å². The van der Waals surface area contributed by atoms with Gasteiger partial charge in [-0.1, -0.05) is 87.5 Å². The van der Waals surface area contributed by atoms with Crippen molar-refractivity contribution in [2.24, 2.45) is 62.6 Å². The lowest BCUT2D eigenvalue weighted by Crippen LogP contribution is -2.65. The van der Waals surface area contributed by atoms with Crippen molar-refractivity contribution in [3.05, 3.63) is 0 Å². The van der Waals surface area contributed by atoms with Crippen molar-refractivity contribution in [2.45, 2.75) is 152 Å². The van der Waals surface area contributed by atoms with E-state index in [-0.39, 0.29) is 0 Å². The van der Waals surface area contributed by atoms with Gasteiger partial charge in [-0.3, -0.25) is 0 Å². The third-order valence-electron chi connectivity index (χ3n) is 14.8. The summed E-state index contributed by atoms with van der Waals surface area (Å²) >= 11 is 0. The molecule has 0 radical (unpaired) electrons. The highest BCUT2D eigenvalue weighted by Gasteiger charge is 2.70. The minimum absolute atomic E-state index is 0.558. The van der Waals surface area contributed by atoms with Crippen LogP contribution in [-0.4, -0.2) is 0 Å². The highest BCUT2D eigenvalue weighted by atomic mass is 14.7. The Balaban J connectivity index is 1.41. The second kappa shape index (κ2) is 8.51. The molecule has 0 unspecified atom stereocenters. The molecule has 0 heterocycles. The third-order valence-corrected chi connectivity index (χ3v) is 14.8. The lowest BCUT2D eigenvalue weighted by molar-refractivity contribution is -0.241. The van der Waals surface area contributed by atoms with E-state index in [4.69, 9.17) is 0 Å². The molecule has 5 aliphatic carbocycles. The first-order valence-corrected chi connectivity index (χ1v) is 15.9. The van der Waals surface area contributed by atoms with Crippen LogP contribution in [0.4, 0.5) is 0 Å². The maximum Gasteiger partial charge on any atom is -0.0235 e. The van der Waals surface area contributed by atoms with Crippen LogP contribution in [0.3, 0.4) is 0 Å². The molecule has 0 aromatic heterocycles. The van der Waals surface area contributed by atoms with Crippen molar-refractivity contribution in [1.29, 1.82) is 0 Å². The fraction of sp³-hybridized carbons (Fsp3) is 1.00. The molecule has 5 aliphatic rings. The Labute approximate surface area is 214 Å². The van der Waals surface area contributed by atoms with Gasteiger partial charge in [0.05, 0.1) is 0 Å². The molecule has 0 aromatic rings. The maximum atomic E-state index is 2.83. The molecule has 0 aliphatic heterocycles. The number of hydrogen-bond acceptors (Lipinski definition) is 0. The molecule has 0 amide bonds. The molecule has 196 valence electrons. The molecule has 0 saturated heterocycles. The van der Waals surface area contributed by atoms with E-state index in [9.17, 15) is 0 Å². The van der Waals surface area contributed by atoms with E-state index in [1.165, 1.54) is 77.0 Å². The summed E-state index contributed by atoms with van der Waals surface area (Å²) in [7, 11) is 0. The molecule has 10 atom stereocenters. The largest absolute Gasteiger partial charge is 0.0654 e. The van der Waals surface area contributed by atoms with E-state index in [0.29, 0.717) is 27.1 Å². The monoisotopic (exact) mass is 468 g/mol. The Morgan fingerprint density at radius 3 is 1.97 bits per heavy atom. The van der Waals surface area contributed by atoms with Gasteiger partial charge < -0.3 is 0 Å². The van der Waals surface area contributed by atoms with Gasteiger partial charge in [0.1, 0.15) is 0 Å². The lowest BCUT2D eigenvalue weighted by Gasteiger charge is -2.73. The summed E-state index contributed by atoms with van der Waals surface area (Å²) in [5, 5.41) is 0. The molecule has 0 bridgehead atoms. The van der Waals surface area contributed by atoms with Gasteiger partial charge in [0, 0.05) is 0 Å². The van der Waals surface area contributed by atoms with Crippen LogP contribution >= 0.6 is 0 Å². The summed E-state index contributed by atoms with van der Waals surface area (Å²) in [4.78, 5) is 0. The van der Waals surface area contributed by atoms with Crippen molar-refractivity contribution >= 4 is 0 Å². The van der Waals surface area contributed by atoms with Crippen LogP contribution in [0.15, 0.2) is 0 Å². The molecule has 34 heavy (non-hydrogen) atoms. The SMILES string of the molecule is CCCCC[C@@H](C)[C@@H]1CC[C@]2(C)[C@H]3CC[C@@H]4[C@@]5(C)CCCC(C)(C)[C@@H]5CC[C@@]4(C)[C@]3(C)CC[C@@H]12. The first-order chi connectivity index (χ1) is 15.9. The first-order valence-electron chi connectivity index (χ1n) is 15.9. The molecular weight excluding hydrogens is 408 g/mol. The van der Waals surface area contributed by atoms with Crippen molar-refractivity contribution in [3.63, 3.8) is 0 Å². The van der Waals surface area contributed by atoms with Crippen molar-refractivity contribution in [1.82, 2.24) is 0 Å². The van der Waals surface area contributed by atoms with Crippen molar-refractivity contribution in [3.8, 4) is 0 Å². The fourth-order valence-electron chi connectivity index (χ4n) is 12.9. The van der Waals surface area contributed by atoms with Crippen LogP contribution < -0.4 is 0 Å². The average molecular weight is 469 g/mol. The minimum Gasteiger partial charge on any atom is -0.0654 e. The summed E-state index contributed by atoms with van der Waals surface area (Å²) in [5.41, 5.74) is 2.90. The zero-order valence-corrected chi connectivity index (χ0v) is 24.6. The van der Waals surface area contributed by atoms with Crippen LogP contribution in [0.5, 0.6) is 0 Å². The van der Waals surface area contributed by atoms with Gasteiger partial charge in [-0.15, -0.1) is 0 Å². The molecule has 0 N–H and O–H groups in total. The molecule has 0 spiro atoms. The summed E-state index contributed by atoms with van der Waals surface area (Å²) in [6, 6.07) is 0. The highest BCUT2D eigenvalue weighted by Crippen LogP contribution is 2.78. The van der Waals surface area contributed by atoms with E-state index in [2.05, 4.69) is 55.4 Å². The lowest BCUT2D eigenvalue weighted by atomic mass is 9.32. The Morgan fingerprint density at radius 2 is 1.29 bits per heavy atom. The number of hydrogen-bond donors (Lipinski definition) is 0. The Kier molecular flexibility index (Phi) is 6.42. The third kappa shape index (κ3) is 3.41. The number of unbranched alkanes of at least 4 members (excludes halogenated alkanes) is 2. The molecule has 5 rings (SSSR count). The highest BCUT2D eigenvalue weighted by molar-refractivity contribution is 5.19. The van der Waals surface area contributed by atoms with Gasteiger partial charge in [-0.2, -0.15) is 0 Å². The Hall–Kier alpha value is 0. The summed E-state index contributed by atoms with van der Waals surface area (Å²) in [5.74, 6) is 5.88. The molecule has 0 nitrogen and oxygen atoms in total. The van der Waals surface area contributed by atoms with Crippen molar-refractivity contribution < 1.29 is 0 Å². The number of rotatable bonds is 5. The van der Waals surface area contributed by atoms with Crippen molar-refractivity contribution in [2.75, 3.05) is 0 Å². The van der Waals surface area contributed by atoms with Crippen LogP contribution in [0.1, 0.15) is 152 Å². The molecule has 5 saturated carbocycles. The van der Waals surface area contributed by atoms with Gasteiger partial charge in [-0.25, -0.2) is 0 Å². The standard InChI is InChI=1S/C34H60/c1-9-10-11-13-24(2)25-16-21-31(5)26(25)17-22-33(7)28(31)14-15-29-32(6)20-12-19-30(3,4)27(32)18-23-34(29,33)8/h24-29H,9-23H2,1-8H3/t24-,25+,26+,27+,28-,29-,31+,32+,33-,34-/m1/s1. The zero-order valence-electron chi connectivity index (χ0n) is 24.6. The van der Waals surface area contributed by atoms with Gasteiger partial charge in [0.15, 0.2) is 0 Å². The molecular formula is C34H60. The van der Waals surface area contributed by atoms with E-state index in [1.54, 1.807) is 19.3 Å². The van der Waals surface area contributed by atoms with Gasteiger partial charge in [-0.05, 0) is 127 Å². The number of fused-ring (bicyclic) bond motifs is 7. The average Bonchev–Trinajstić information content (AvgIpc) is 3.11. The van der Waals surface area contributed by atoms with Crippen LogP contribution in [0.25, 0.3) is 0 Å². The Bertz CT molecular complexity index is 749. The summed E-state index contributed by atoms with van der Waals surface area (Å²) < 4.78 is 0. The maximum absolute atomic E-state index is 2.83. The van der Waals surface area contributed by atoms with Gasteiger partial charge >= 0.3 is 0 Å². The zero-order chi connectivity index (χ0) is 24.6.